The van der Waals surface area contributed by atoms with Crippen LogP contribution in [0.3, 0.4) is 0 Å². The number of rotatable bonds is 5. The van der Waals surface area contributed by atoms with Crippen LogP contribution < -0.4 is 10.6 Å². The summed E-state index contributed by atoms with van der Waals surface area (Å²) in [5.74, 6) is 1.52. The molecule has 1 aliphatic rings. The monoisotopic (exact) mass is 500 g/mol. The number of hydrogen-bond donors (Lipinski definition) is 1. The number of fused-ring (bicyclic) bond motifs is 1. The lowest BCUT2D eigenvalue weighted by atomic mass is 9.95. The summed E-state index contributed by atoms with van der Waals surface area (Å²) < 4.78 is 2.00. The number of anilines is 2. The highest BCUT2D eigenvalue weighted by atomic mass is 35.5. The van der Waals surface area contributed by atoms with Crippen LogP contribution >= 0.6 is 34.5 Å². The van der Waals surface area contributed by atoms with E-state index in [-0.39, 0.29) is 5.78 Å². The van der Waals surface area contributed by atoms with Gasteiger partial charge in [-0.15, -0.1) is 11.3 Å². The van der Waals surface area contributed by atoms with Crippen molar-refractivity contribution in [1.29, 1.82) is 0 Å². The topological polar surface area (TPSA) is 89.4 Å². The van der Waals surface area contributed by atoms with Gasteiger partial charge in [0.25, 0.3) is 0 Å². The van der Waals surface area contributed by atoms with Gasteiger partial charge in [0.05, 0.1) is 15.7 Å². The van der Waals surface area contributed by atoms with E-state index in [9.17, 15) is 4.79 Å². The van der Waals surface area contributed by atoms with E-state index in [4.69, 9.17) is 33.9 Å². The molecule has 0 saturated carbocycles. The van der Waals surface area contributed by atoms with Gasteiger partial charge in [0, 0.05) is 55.5 Å². The van der Waals surface area contributed by atoms with Gasteiger partial charge in [-0.05, 0) is 37.0 Å². The van der Waals surface area contributed by atoms with Gasteiger partial charge in [0.2, 0.25) is 5.95 Å². The van der Waals surface area contributed by atoms with Gasteiger partial charge in [-0.25, -0.2) is 15.0 Å². The molecule has 1 atom stereocenters. The number of nitrogens with two attached hydrogens (primary N) is 1. The molecule has 4 heterocycles. The molecule has 1 fully saturated rings. The maximum absolute atomic E-state index is 11.7. The van der Waals surface area contributed by atoms with Gasteiger partial charge < -0.3 is 10.6 Å². The number of carbonyl (C=O) groups is 1. The number of piperidine rings is 1. The molecule has 2 N–H and O–H groups in total. The normalized spacial score (nSPS) is 16.5. The molecular weight excluding hydrogens is 479 g/mol. The summed E-state index contributed by atoms with van der Waals surface area (Å²) in [5, 5.41) is 2.04. The summed E-state index contributed by atoms with van der Waals surface area (Å²) in [6.45, 7) is 3.25. The lowest BCUT2D eigenvalue weighted by molar-refractivity contribution is 0.102. The minimum absolute atomic E-state index is 0.0362. The van der Waals surface area contributed by atoms with Crippen LogP contribution in [-0.2, 0) is 6.42 Å². The third kappa shape index (κ3) is 4.43. The number of benzene rings is 1. The number of halogens is 2. The Bertz CT molecular complexity index is 1350. The number of carbonyl (C=O) groups excluding carboxylic acids is 1. The average molecular weight is 501 g/mol. The Morgan fingerprint density at radius 3 is 2.88 bits per heavy atom. The number of aromatic nitrogens is 4. The highest BCUT2D eigenvalue weighted by molar-refractivity contribution is 7.14. The average Bonchev–Trinajstić information content (AvgIpc) is 3.39. The predicted octanol–water partition coefficient (Wildman–Crippen LogP) is 5.40. The number of nitrogen functional groups attached to an aromatic ring is 1. The Morgan fingerprint density at radius 2 is 2.12 bits per heavy atom. The number of thiazole rings is 1. The van der Waals surface area contributed by atoms with Crippen molar-refractivity contribution >= 4 is 57.7 Å². The zero-order chi connectivity index (χ0) is 23.1. The molecule has 170 valence electrons. The number of hydrogen-bond acceptors (Lipinski definition) is 7. The van der Waals surface area contributed by atoms with Crippen LogP contribution in [0.1, 0.15) is 34.4 Å². The van der Waals surface area contributed by atoms with Crippen LogP contribution in [0, 0.1) is 5.92 Å². The molecule has 1 unspecified atom stereocenters. The highest BCUT2D eigenvalue weighted by Gasteiger charge is 2.25. The van der Waals surface area contributed by atoms with Gasteiger partial charge in [0.1, 0.15) is 16.3 Å². The SMILES string of the molecule is CC(=O)c1sc(CC2CCCN(c3nc(-c4ccc(Cl)cc4Cl)cc4nccn34)C2)nc1N. The Morgan fingerprint density at radius 1 is 1.27 bits per heavy atom. The van der Waals surface area contributed by atoms with E-state index < -0.39 is 0 Å². The van der Waals surface area contributed by atoms with Crippen LogP contribution in [0.15, 0.2) is 36.7 Å². The van der Waals surface area contributed by atoms with E-state index in [1.54, 1.807) is 12.3 Å². The van der Waals surface area contributed by atoms with Crippen molar-refractivity contribution in [2.75, 3.05) is 23.7 Å². The number of imidazole rings is 1. The van der Waals surface area contributed by atoms with Crippen molar-refractivity contribution in [3.63, 3.8) is 0 Å². The van der Waals surface area contributed by atoms with Gasteiger partial charge in [-0.2, -0.15) is 0 Å². The Kier molecular flexibility index (Phi) is 5.99. The minimum Gasteiger partial charge on any atom is -0.382 e. The molecule has 0 spiro atoms. The van der Waals surface area contributed by atoms with E-state index in [2.05, 4.69) is 14.9 Å². The van der Waals surface area contributed by atoms with E-state index >= 15 is 0 Å². The quantitative estimate of drug-likeness (QED) is 0.368. The molecule has 0 aliphatic carbocycles. The molecule has 0 bridgehead atoms. The smallest absolute Gasteiger partial charge is 0.211 e. The molecule has 7 nitrogen and oxygen atoms in total. The largest absolute Gasteiger partial charge is 0.382 e. The summed E-state index contributed by atoms with van der Waals surface area (Å²) in [4.78, 5) is 28.5. The van der Waals surface area contributed by atoms with Crippen molar-refractivity contribution in [1.82, 2.24) is 19.4 Å². The second-order valence-corrected chi connectivity index (χ2v) is 10.2. The molecular formula is C23H22Cl2N6OS. The van der Waals surface area contributed by atoms with E-state index in [0.717, 1.165) is 60.2 Å². The molecule has 0 radical (unpaired) electrons. The molecule has 1 aliphatic heterocycles. The van der Waals surface area contributed by atoms with E-state index in [1.807, 2.05) is 28.8 Å². The van der Waals surface area contributed by atoms with E-state index in [0.29, 0.717) is 26.7 Å². The first-order valence-corrected chi connectivity index (χ1v) is 12.3. The van der Waals surface area contributed by atoms with Crippen LogP contribution in [0.5, 0.6) is 0 Å². The molecule has 0 amide bonds. The van der Waals surface area contributed by atoms with Crippen molar-refractivity contribution < 1.29 is 4.79 Å². The van der Waals surface area contributed by atoms with Crippen molar-refractivity contribution in [2.45, 2.75) is 26.2 Å². The van der Waals surface area contributed by atoms with Gasteiger partial charge >= 0.3 is 0 Å². The fourth-order valence-corrected chi connectivity index (χ4v) is 5.84. The lowest BCUT2D eigenvalue weighted by Gasteiger charge is -2.33. The maximum atomic E-state index is 11.7. The zero-order valence-electron chi connectivity index (χ0n) is 18.0. The summed E-state index contributed by atoms with van der Waals surface area (Å²) in [7, 11) is 0. The fraction of sp³-hybridized carbons (Fsp3) is 0.304. The second kappa shape index (κ2) is 8.93. The zero-order valence-corrected chi connectivity index (χ0v) is 20.3. The minimum atomic E-state index is -0.0362. The summed E-state index contributed by atoms with van der Waals surface area (Å²) >= 11 is 14.0. The standard InChI is InChI=1S/C23H22Cl2N6OS/c1-13(32)21-22(26)29-20(33-21)9-14-3-2-7-30(12-14)23-28-18(11-19-27-6-8-31(19)23)16-5-4-15(24)10-17(16)25/h4-6,8,10-11,14H,2-3,7,9,12,26H2,1H3. The molecule has 1 saturated heterocycles. The molecule has 5 rings (SSSR count). The number of Topliss-reactive ketones (excluding diaryl/α,β-unsaturated/α-hetero) is 1. The Balaban J connectivity index is 1.45. The van der Waals surface area contributed by atoms with Gasteiger partial charge in [-0.3, -0.25) is 9.20 Å². The highest BCUT2D eigenvalue weighted by Crippen LogP contribution is 2.33. The molecule has 33 heavy (non-hydrogen) atoms. The number of nitrogens with zero attached hydrogens (tertiary/aromatic N) is 5. The summed E-state index contributed by atoms with van der Waals surface area (Å²) in [5.41, 5.74) is 8.32. The number of ketones is 1. The molecule has 4 aromatic rings. The van der Waals surface area contributed by atoms with Crippen molar-refractivity contribution in [3.05, 3.63) is 56.6 Å². The maximum Gasteiger partial charge on any atom is 0.211 e. The van der Waals surface area contributed by atoms with Crippen LogP contribution in [0.4, 0.5) is 11.8 Å². The van der Waals surface area contributed by atoms with E-state index in [1.165, 1.54) is 18.3 Å². The van der Waals surface area contributed by atoms with Crippen LogP contribution in [-0.4, -0.2) is 38.2 Å². The first-order valence-electron chi connectivity index (χ1n) is 10.7. The van der Waals surface area contributed by atoms with Gasteiger partial charge in [-0.1, -0.05) is 23.2 Å². The second-order valence-electron chi connectivity index (χ2n) is 8.26. The molecule has 10 heteroatoms. The molecule has 3 aromatic heterocycles. The lowest BCUT2D eigenvalue weighted by Crippen LogP contribution is -2.38. The summed E-state index contributed by atoms with van der Waals surface area (Å²) in [6.07, 6.45) is 6.61. The molecule has 1 aromatic carbocycles. The third-order valence-electron chi connectivity index (χ3n) is 5.86. The third-order valence-corrected chi connectivity index (χ3v) is 7.60. The first-order chi connectivity index (χ1) is 15.9. The fourth-order valence-electron chi connectivity index (χ4n) is 4.34. The Hall–Kier alpha value is -2.68. The first kappa shape index (κ1) is 22.1. The predicted molar refractivity (Wildman–Crippen MR) is 134 cm³/mol. The van der Waals surface area contributed by atoms with Crippen molar-refractivity contribution in [3.8, 4) is 11.3 Å². The Labute approximate surface area is 205 Å². The van der Waals surface area contributed by atoms with Crippen molar-refractivity contribution in [2.24, 2.45) is 5.92 Å². The van der Waals surface area contributed by atoms with Crippen LogP contribution in [0.2, 0.25) is 10.0 Å². The van der Waals surface area contributed by atoms with Crippen LogP contribution in [0.25, 0.3) is 16.9 Å². The summed E-state index contributed by atoms with van der Waals surface area (Å²) in [6, 6.07) is 7.35. The van der Waals surface area contributed by atoms with Gasteiger partial charge in [0.15, 0.2) is 5.78 Å².